The van der Waals surface area contributed by atoms with E-state index in [1.54, 1.807) is 0 Å². The van der Waals surface area contributed by atoms with Crippen molar-refractivity contribution in [2.45, 2.75) is 72.2 Å². The summed E-state index contributed by atoms with van der Waals surface area (Å²) in [5, 5.41) is 16.8. The minimum atomic E-state index is -1.13. The van der Waals surface area contributed by atoms with Crippen LogP contribution in [-0.2, 0) is 25.7 Å². The zero-order valence-corrected chi connectivity index (χ0v) is 19.4. The monoisotopic (exact) mass is 449 g/mol. The number of benzene rings is 1. The molecule has 0 bridgehead atoms. The first-order chi connectivity index (χ1) is 15.0. The maximum absolute atomic E-state index is 12.7. The van der Waals surface area contributed by atoms with E-state index in [-0.39, 0.29) is 24.9 Å². The zero-order valence-electron chi connectivity index (χ0n) is 19.4. The Bertz CT molecular complexity index is 766. The van der Waals surface area contributed by atoms with Gasteiger partial charge < -0.3 is 25.8 Å². The van der Waals surface area contributed by atoms with Gasteiger partial charge in [-0.05, 0) is 37.2 Å². The second-order valence-electron chi connectivity index (χ2n) is 8.65. The van der Waals surface area contributed by atoms with Crippen molar-refractivity contribution in [1.29, 1.82) is 0 Å². The van der Waals surface area contributed by atoms with Crippen LogP contribution in [0.25, 0.3) is 0 Å². The molecule has 0 radical (unpaired) electrons. The van der Waals surface area contributed by atoms with Gasteiger partial charge in [0.1, 0.15) is 24.7 Å². The molecule has 32 heavy (non-hydrogen) atoms. The number of carboxylic acids is 1. The van der Waals surface area contributed by atoms with E-state index >= 15 is 0 Å². The number of carbonyl (C=O) groups excluding carboxylic acids is 3. The molecule has 4 N–H and O–H groups in total. The Hall–Kier alpha value is -3.10. The second-order valence-corrected chi connectivity index (χ2v) is 8.65. The van der Waals surface area contributed by atoms with Crippen molar-refractivity contribution in [2.75, 3.05) is 0 Å². The van der Waals surface area contributed by atoms with Crippen LogP contribution in [0, 0.1) is 11.8 Å². The minimum absolute atomic E-state index is 0.0634. The number of carbonyl (C=O) groups is 4. The van der Waals surface area contributed by atoms with Crippen molar-refractivity contribution >= 4 is 23.9 Å². The van der Waals surface area contributed by atoms with Gasteiger partial charge in [-0.25, -0.2) is 9.59 Å². The third-order valence-corrected chi connectivity index (χ3v) is 4.60. The van der Waals surface area contributed by atoms with Crippen LogP contribution in [0.4, 0.5) is 4.79 Å². The van der Waals surface area contributed by atoms with Gasteiger partial charge in [-0.2, -0.15) is 0 Å². The SMILES string of the molecule is CC(C)CC(NC(=O)C(C)NC(=O)C(CC(C)C)NC(=O)OCc1ccccc1)C(=O)O. The Morgan fingerprint density at radius 3 is 1.91 bits per heavy atom. The molecule has 0 saturated carbocycles. The highest BCUT2D eigenvalue weighted by Crippen LogP contribution is 2.08. The molecular weight excluding hydrogens is 414 g/mol. The minimum Gasteiger partial charge on any atom is -0.480 e. The van der Waals surface area contributed by atoms with Gasteiger partial charge in [-0.15, -0.1) is 0 Å². The lowest BCUT2D eigenvalue weighted by Crippen LogP contribution is -2.55. The van der Waals surface area contributed by atoms with E-state index in [2.05, 4.69) is 16.0 Å². The molecule has 3 unspecified atom stereocenters. The molecular formula is C23H35N3O6. The summed E-state index contributed by atoms with van der Waals surface area (Å²) in [7, 11) is 0. The highest BCUT2D eigenvalue weighted by atomic mass is 16.5. The number of amides is 3. The van der Waals surface area contributed by atoms with Crippen LogP contribution in [0.3, 0.4) is 0 Å². The van der Waals surface area contributed by atoms with E-state index in [0.717, 1.165) is 5.56 Å². The van der Waals surface area contributed by atoms with Crippen molar-refractivity contribution in [2.24, 2.45) is 11.8 Å². The number of hydrogen-bond acceptors (Lipinski definition) is 5. The molecule has 0 aliphatic rings. The quantitative estimate of drug-likeness (QED) is 0.387. The molecule has 0 saturated heterocycles. The van der Waals surface area contributed by atoms with E-state index in [1.807, 2.05) is 58.0 Å². The Morgan fingerprint density at radius 1 is 0.812 bits per heavy atom. The van der Waals surface area contributed by atoms with Crippen LogP contribution in [-0.4, -0.2) is 47.1 Å². The van der Waals surface area contributed by atoms with Gasteiger partial charge in [0.15, 0.2) is 0 Å². The Kier molecular flexibility index (Phi) is 11.2. The van der Waals surface area contributed by atoms with Crippen molar-refractivity contribution in [1.82, 2.24) is 16.0 Å². The average molecular weight is 450 g/mol. The number of rotatable bonds is 12. The van der Waals surface area contributed by atoms with E-state index in [1.165, 1.54) is 6.92 Å². The number of carboxylic acid groups (broad SMARTS) is 1. The predicted octanol–water partition coefficient (Wildman–Crippen LogP) is 2.45. The summed E-state index contributed by atoms with van der Waals surface area (Å²) in [5.41, 5.74) is 0.812. The van der Waals surface area contributed by atoms with Crippen molar-refractivity contribution in [3.8, 4) is 0 Å². The van der Waals surface area contributed by atoms with E-state index in [4.69, 9.17) is 4.74 Å². The van der Waals surface area contributed by atoms with Crippen molar-refractivity contribution < 1.29 is 29.0 Å². The fourth-order valence-electron chi connectivity index (χ4n) is 2.98. The molecule has 178 valence electrons. The maximum atomic E-state index is 12.7. The molecule has 9 nitrogen and oxygen atoms in total. The fourth-order valence-corrected chi connectivity index (χ4v) is 2.98. The van der Waals surface area contributed by atoms with Crippen LogP contribution in [0.2, 0.25) is 0 Å². The summed E-state index contributed by atoms with van der Waals surface area (Å²) >= 11 is 0. The summed E-state index contributed by atoms with van der Waals surface area (Å²) in [6.07, 6.45) is -0.132. The summed E-state index contributed by atoms with van der Waals surface area (Å²) in [5.74, 6) is -2.13. The molecule has 9 heteroatoms. The maximum Gasteiger partial charge on any atom is 0.408 e. The summed E-state index contributed by atoms with van der Waals surface area (Å²) in [6.45, 7) is 9.03. The Morgan fingerprint density at radius 2 is 1.38 bits per heavy atom. The van der Waals surface area contributed by atoms with Gasteiger partial charge >= 0.3 is 12.1 Å². The molecule has 0 aliphatic carbocycles. The Labute approximate surface area is 189 Å². The largest absolute Gasteiger partial charge is 0.480 e. The molecule has 1 rings (SSSR count). The lowest BCUT2D eigenvalue weighted by atomic mass is 10.0. The van der Waals surface area contributed by atoms with E-state index in [9.17, 15) is 24.3 Å². The van der Waals surface area contributed by atoms with Gasteiger partial charge in [-0.1, -0.05) is 58.0 Å². The lowest BCUT2D eigenvalue weighted by molar-refractivity contribution is -0.142. The highest BCUT2D eigenvalue weighted by Gasteiger charge is 2.28. The van der Waals surface area contributed by atoms with Crippen molar-refractivity contribution in [3.05, 3.63) is 35.9 Å². The Balaban J connectivity index is 2.68. The standard InChI is InChI=1S/C23H35N3O6/c1-14(2)11-18(26-23(31)32-13-17-9-7-6-8-10-17)21(28)24-16(5)20(27)25-19(22(29)30)12-15(3)4/h6-10,14-16,18-19H,11-13H2,1-5H3,(H,24,28)(H,25,27)(H,26,31)(H,29,30). The number of ether oxygens (including phenoxy) is 1. The smallest absolute Gasteiger partial charge is 0.408 e. The van der Waals surface area contributed by atoms with Gasteiger partial charge in [0.05, 0.1) is 0 Å². The van der Waals surface area contributed by atoms with Crippen LogP contribution in [0.15, 0.2) is 30.3 Å². The lowest BCUT2D eigenvalue weighted by Gasteiger charge is -2.23. The first-order valence-electron chi connectivity index (χ1n) is 10.8. The van der Waals surface area contributed by atoms with Gasteiger partial charge in [-0.3, -0.25) is 9.59 Å². The molecule has 0 aliphatic heterocycles. The molecule has 0 fully saturated rings. The van der Waals surface area contributed by atoms with E-state index < -0.39 is 42.0 Å². The number of aliphatic carboxylic acids is 1. The third kappa shape index (κ3) is 10.3. The highest BCUT2D eigenvalue weighted by molar-refractivity contribution is 5.92. The van der Waals surface area contributed by atoms with Crippen LogP contribution < -0.4 is 16.0 Å². The second kappa shape index (κ2) is 13.3. The average Bonchev–Trinajstić information content (AvgIpc) is 2.71. The molecule has 3 atom stereocenters. The molecule has 0 aromatic heterocycles. The fraction of sp³-hybridized carbons (Fsp3) is 0.565. The van der Waals surface area contributed by atoms with Gasteiger partial charge in [0.2, 0.25) is 11.8 Å². The zero-order chi connectivity index (χ0) is 24.3. The first kappa shape index (κ1) is 26.9. The van der Waals surface area contributed by atoms with Crippen LogP contribution >= 0.6 is 0 Å². The summed E-state index contributed by atoms with van der Waals surface area (Å²) < 4.78 is 5.18. The number of nitrogens with one attached hydrogen (secondary N) is 3. The molecule has 1 aromatic carbocycles. The van der Waals surface area contributed by atoms with E-state index in [0.29, 0.717) is 6.42 Å². The molecule has 1 aromatic rings. The third-order valence-electron chi connectivity index (χ3n) is 4.60. The molecule has 0 heterocycles. The molecule has 0 spiro atoms. The predicted molar refractivity (Wildman–Crippen MR) is 120 cm³/mol. The summed E-state index contributed by atoms with van der Waals surface area (Å²) in [4.78, 5) is 48.7. The summed E-state index contributed by atoms with van der Waals surface area (Å²) in [6, 6.07) is 6.21. The van der Waals surface area contributed by atoms with Crippen molar-refractivity contribution in [3.63, 3.8) is 0 Å². The number of hydrogen-bond donors (Lipinski definition) is 4. The van der Waals surface area contributed by atoms with Gasteiger partial charge in [0, 0.05) is 0 Å². The molecule has 3 amide bonds. The van der Waals surface area contributed by atoms with Gasteiger partial charge in [0.25, 0.3) is 0 Å². The number of alkyl carbamates (subject to hydrolysis) is 1. The van der Waals surface area contributed by atoms with Crippen LogP contribution in [0.5, 0.6) is 0 Å². The van der Waals surface area contributed by atoms with Crippen LogP contribution in [0.1, 0.15) is 53.0 Å². The topological polar surface area (TPSA) is 134 Å². The first-order valence-corrected chi connectivity index (χ1v) is 10.8. The normalized spacial score (nSPS) is 13.7.